The van der Waals surface area contributed by atoms with E-state index in [1.165, 1.54) is 0 Å². The molecule has 0 aromatic carbocycles. The Balaban J connectivity index is 0. The number of hydrogen-bond acceptors (Lipinski definition) is 0. The van der Waals surface area contributed by atoms with Gasteiger partial charge in [-0.3, -0.25) is 0 Å². The molecular weight excluding hydrogens is 128 g/mol. The molecule has 0 fully saturated rings. The molecule has 0 nitrogen and oxygen atoms in total. The van der Waals surface area contributed by atoms with Crippen molar-refractivity contribution in [1.82, 2.24) is 0 Å². The molecule has 0 aliphatic carbocycles. The number of halogens is 3. The van der Waals surface area contributed by atoms with Gasteiger partial charge in [-0.2, -0.15) is 0 Å². The fourth-order valence-electron chi connectivity index (χ4n) is 0. The Bertz CT molecular complexity index is 4.85. The van der Waals surface area contributed by atoms with Crippen molar-refractivity contribution in [2.75, 3.05) is 0 Å². The van der Waals surface area contributed by atoms with Gasteiger partial charge in [-0.15, -0.1) is 37.2 Å². The summed E-state index contributed by atoms with van der Waals surface area (Å²) in [6.07, 6.45) is 0. The van der Waals surface area contributed by atoms with Crippen LogP contribution in [0.3, 0.4) is 0 Å². The molecule has 0 saturated heterocycles. The van der Waals surface area contributed by atoms with Crippen molar-refractivity contribution in [1.29, 1.82) is 0 Å². The normalized spacial score (nSPS) is 0. The average molecular weight is 137 g/mol. The van der Waals surface area contributed by atoms with Crippen LogP contribution in [-0.2, 0) is 0 Å². The summed E-state index contributed by atoms with van der Waals surface area (Å²) in [7, 11) is 0. The second-order valence-corrected chi connectivity index (χ2v) is 0. The zero-order valence-electron chi connectivity index (χ0n) is 1.22. The molecule has 0 unspecified atom stereocenters. The van der Waals surface area contributed by atoms with Gasteiger partial charge in [0.2, 0.25) is 0 Å². The maximum absolute atomic E-state index is 0. The standard InChI is InChI=1S/2BH3.3ClH/h2*1H3;3*1H. The molecule has 0 radical (unpaired) electrons. The minimum Gasteiger partial charge on any atom is -0.147 e. The summed E-state index contributed by atoms with van der Waals surface area (Å²) >= 11 is 0. The van der Waals surface area contributed by atoms with Crippen molar-refractivity contribution in [2.24, 2.45) is 0 Å². The first-order valence-electron chi connectivity index (χ1n) is 0. The van der Waals surface area contributed by atoms with Gasteiger partial charge >= 0.3 is 0 Å². The van der Waals surface area contributed by atoms with Crippen LogP contribution in [0.4, 0.5) is 0 Å². The molecule has 0 spiro atoms. The second kappa shape index (κ2) is 80.0. The molecular formula is H9B2Cl3. The topological polar surface area (TPSA) is 0 Å². The lowest BCUT2D eigenvalue weighted by Crippen LogP contribution is -0.382. The maximum atomic E-state index is 0. The van der Waals surface area contributed by atoms with Crippen LogP contribution in [0.5, 0.6) is 0 Å². The van der Waals surface area contributed by atoms with Crippen LogP contribution < -0.4 is 0 Å². The van der Waals surface area contributed by atoms with E-state index in [9.17, 15) is 0 Å². The SMILES string of the molecule is B.B.Cl.Cl.Cl. The Hall–Kier alpha value is 1.000. The van der Waals surface area contributed by atoms with Gasteiger partial charge in [-0.25, -0.2) is 0 Å². The van der Waals surface area contributed by atoms with Gasteiger partial charge in [0, 0.05) is 0 Å². The fourth-order valence-corrected chi connectivity index (χ4v) is 0. The summed E-state index contributed by atoms with van der Waals surface area (Å²) in [5, 5.41) is 0. The molecule has 0 aromatic heterocycles. The van der Waals surface area contributed by atoms with Crippen molar-refractivity contribution in [3.63, 3.8) is 0 Å². The van der Waals surface area contributed by atoms with Crippen LogP contribution in [-0.4, -0.2) is 16.8 Å². The van der Waals surface area contributed by atoms with Gasteiger partial charge in [-0.1, -0.05) is 0 Å². The summed E-state index contributed by atoms with van der Waals surface area (Å²) in [5.74, 6) is 0. The highest BCUT2D eigenvalue weighted by atomic mass is 35.5. The molecule has 0 rings (SSSR count). The van der Waals surface area contributed by atoms with Gasteiger partial charge in [0.05, 0.1) is 16.8 Å². The van der Waals surface area contributed by atoms with E-state index in [-0.39, 0.29) is 54.0 Å². The first-order valence-corrected chi connectivity index (χ1v) is 0. The van der Waals surface area contributed by atoms with Crippen molar-refractivity contribution < 1.29 is 0 Å². The summed E-state index contributed by atoms with van der Waals surface area (Å²) in [4.78, 5) is 0. The Labute approximate surface area is 54.5 Å². The molecule has 0 heterocycles. The molecule has 0 N–H and O–H groups in total. The third kappa shape index (κ3) is 45.0. The predicted octanol–water partition coefficient (Wildman–Crippen LogP) is -1.10. The summed E-state index contributed by atoms with van der Waals surface area (Å²) < 4.78 is 0. The third-order valence-corrected chi connectivity index (χ3v) is 0. The van der Waals surface area contributed by atoms with Crippen LogP contribution in [0, 0.1) is 0 Å². The molecule has 0 atom stereocenters. The van der Waals surface area contributed by atoms with Crippen molar-refractivity contribution >= 4 is 54.0 Å². The van der Waals surface area contributed by atoms with E-state index in [1.54, 1.807) is 0 Å². The van der Waals surface area contributed by atoms with Crippen molar-refractivity contribution in [2.45, 2.75) is 0 Å². The highest BCUT2D eigenvalue weighted by Crippen LogP contribution is 0.692. The maximum Gasteiger partial charge on any atom is 0.0814 e. The molecule has 5 heteroatoms. The first-order chi connectivity index (χ1) is 0. The lowest BCUT2D eigenvalue weighted by atomic mass is 10.8. The van der Waals surface area contributed by atoms with E-state index in [0.29, 0.717) is 0 Å². The smallest absolute Gasteiger partial charge is 0.0814 e. The Morgan fingerprint density at radius 3 is 0.400 bits per heavy atom. The molecule has 5 heavy (non-hydrogen) atoms. The van der Waals surface area contributed by atoms with E-state index in [2.05, 4.69) is 0 Å². The van der Waals surface area contributed by atoms with E-state index >= 15 is 0 Å². The molecule has 0 bridgehead atoms. The largest absolute Gasteiger partial charge is 0.147 e. The molecule has 0 amide bonds. The second-order valence-electron chi connectivity index (χ2n) is 0. The summed E-state index contributed by atoms with van der Waals surface area (Å²) in [5.41, 5.74) is 0. The molecule has 36 valence electrons. The van der Waals surface area contributed by atoms with Gasteiger partial charge in [-0.05, 0) is 0 Å². The summed E-state index contributed by atoms with van der Waals surface area (Å²) in [6, 6.07) is 0. The fraction of sp³-hybridized carbons (Fsp3) is 0. The van der Waals surface area contributed by atoms with Gasteiger partial charge in [0.15, 0.2) is 0 Å². The third-order valence-electron chi connectivity index (χ3n) is 0. The minimum absolute atomic E-state index is 0. The molecule has 0 aliphatic rings. The molecule has 0 aliphatic heterocycles. The van der Waals surface area contributed by atoms with Gasteiger partial charge in [0.25, 0.3) is 0 Å². The quantitative estimate of drug-likeness (QED) is 0.372. The Morgan fingerprint density at radius 1 is 0.400 bits per heavy atom. The van der Waals surface area contributed by atoms with Gasteiger partial charge < -0.3 is 0 Å². The van der Waals surface area contributed by atoms with Crippen LogP contribution in [0.15, 0.2) is 0 Å². The first kappa shape index (κ1) is 150. The van der Waals surface area contributed by atoms with E-state index in [4.69, 9.17) is 0 Å². The molecule has 0 saturated carbocycles. The monoisotopic (exact) mass is 136 g/mol. The van der Waals surface area contributed by atoms with Crippen molar-refractivity contribution in [3.8, 4) is 0 Å². The molecule has 0 aromatic rings. The van der Waals surface area contributed by atoms with Crippen LogP contribution in [0.1, 0.15) is 0 Å². The van der Waals surface area contributed by atoms with Crippen LogP contribution >= 0.6 is 37.2 Å². The lowest BCUT2D eigenvalue weighted by molar-refractivity contribution is 5.75. The minimum atomic E-state index is 0. The Morgan fingerprint density at radius 2 is 0.400 bits per heavy atom. The zero-order valence-corrected chi connectivity index (χ0v) is 3.67. The lowest BCUT2D eigenvalue weighted by Gasteiger charge is -0.148. The Kier molecular flexibility index (Phi) is 2400. The van der Waals surface area contributed by atoms with Gasteiger partial charge in [0.1, 0.15) is 0 Å². The van der Waals surface area contributed by atoms with Crippen LogP contribution in [0.2, 0.25) is 0 Å². The zero-order chi connectivity index (χ0) is 0. The van der Waals surface area contributed by atoms with E-state index in [0.717, 1.165) is 0 Å². The van der Waals surface area contributed by atoms with Crippen LogP contribution in [0.25, 0.3) is 0 Å². The highest BCUT2D eigenvalue weighted by molar-refractivity contribution is 5.86. The number of hydrogen-bond donors (Lipinski definition) is 0. The number of rotatable bonds is 0. The summed E-state index contributed by atoms with van der Waals surface area (Å²) in [6.45, 7) is 0. The van der Waals surface area contributed by atoms with E-state index < -0.39 is 0 Å². The van der Waals surface area contributed by atoms with Crippen molar-refractivity contribution in [3.05, 3.63) is 0 Å². The predicted molar refractivity (Wildman–Crippen MR) is 41.6 cm³/mol. The van der Waals surface area contributed by atoms with E-state index in [1.807, 2.05) is 0 Å². The average Bonchev–Trinajstić information content (AvgIpc) is 0. The highest BCUT2D eigenvalue weighted by Gasteiger charge is 0.0824.